The van der Waals surface area contributed by atoms with Crippen LogP contribution in [0.3, 0.4) is 0 Å². The fourth-order valence-electron chi connectivity index (χ4n) is 2.98. The molecule has 8 heteroatoms. The second kappa shape index (κ2) is 12.5. The van der Waals surface area contributed by atoms with Gasteiger partial charge >= 0.3 is 0 Å². The number of guanidine groups is 1. The van der Waals surface area contributed by atoms with E-state index in [0.717, 1.165) is 30.2 Å². The molecule has 1 unspecified atom stereocenters. The zero-order chi connectivity index (χ0) is 19.6. The van der Waals surface area contributed by atoms with E-state index in [1.54, 1.807) is 13.3 Å². The molecule has 0 spiro atoms. The third kappa shape index (κ3) is 7.04. The number of rotatable bonds is 9. The number of pyridine rings is 1. The van der Waals surface area contributed by atoms with Gasteiger partial charge in [0.25, 0.3) is 0 Å². The number of methoxy groups -OCH3 is 1. The van der Waals surface area contributed by atoms with E-state index >= 15 is 0 Å². The molecule has 7 nitrogen and oxygen atoms in total. The molecule has 0 saturated carbocycles. The Balaban J connectivity index is 0.00000300. The van der Waals surface area contributed by atoms with E-state index in [0.29, 0.717) is 32.2 Å². The molecule has 1 aromatic carbocycles. The molecule has 158 valence electrons. The first kappa shape index (κ1) is 23.2. The predicted octanol–water partition coefficient (Wildman–Crippen LogP) is 2.78. The van der Waals surface area contributed by atoms with Crippen molar-refractivity contribution in [2.45, 2.75) is 26.0 Å². The van der Waals surface area contributed by atoms with Crippen LogP contribution in [0.25, 0.3) is 0 Å². The number of benzene rings is 1. The lowest BCUT2D eigenvalue weighted by Gasteiger charge is -2.15. The van der Waals surface area contributed by atoms with Gasteiger partial charge in [-0.25, -0.2) is 9.98 Å². The summed E-state index contributed by atoms with van der Waals surface area (Å²) in [5, 5.41) is 6.64. The highest BCUT2D eigenvalue weighted by Gasteiger charge is 2.22. The molecule has 0 bridgehead atoms. The van der Waals surface area contributed by atoms with Crippen LogP contribution in [-0.4, -0.2) is 50.5 Å². The number of nitrogens with zero attached hydrogens (tertiary/aromatic N) is 2. The summed E-state index contributed by atoms with van der Waals surface area (Å²) in [6.07, 6.45) is 2.73. The van der Waals surface area contributed by atoms with Crippen molar-refractivity contribution >= 4 is 29.9 Å². The predicted molar refractivity (Wildman–Crippen MR) is 124 cm³/mol. The standard InChI is InChI=1S/C21H28N4O3.HI/c1-3-22-21(25-15-18-13-16-7-4-5-9-19(16)28-18)24-14-17-8-6-10-23-20(17)27-12-11-26-2;/h4-10,18H,3,11-15H2,1-2H3,(H2,22,24,25);1H. The highest BCUT2D eigenvalue weighted by Crippen LogP contribution is 2.27. The second-order valence-corrected chi connectivity index (χ2v) is 6.44. The van der Waals surface area contributed by atoms with Crippen molar-refractivity contribution in [3.05, 3.63) is 53.7 Å². The van der Waals surface area contributed by atoms with Gasteiger partial charge in [0.2, 0.25) is 5.88 Å². The maximum absolute atomic E-state index is 5.99. The fraction of sp³-hybridized carbons (Fsp3) is 0.429. The number of fused-ring (bicyclic) bond motifs is 1. The molecule has 0 radical (unpaired) electrons. The van der Waals surface area contributed by atoms with Crippen molar-refractivity contribution in [3.8, 4) is 11.6 Å². The summed E-state index contributed by atoms with van der Waals surface area (Å²) in [4.78, 5) is 8.97. The van der Waals surface area contributed by atoms with E-state index in [9.17, 15) is 0 Å². The van der Waals surface area contributed by atoms with Crippen LogP contribution < -0.4 is 20.1 Å². The number of aromatic nitrogens is 1. The van der Waals surface area contributed by atoms with Gasteiger partial charge in [-0.1, -0.05) is 24.3 Å². The third-order valence-corrected chi connectivity index (χ3v) is 4.34. The van der Waals surface area contributed by atoms with Crippen LogP contribution in [-0.2, 0) is 17.7 Å². The fourth-order valence-corrected chi connectivity index (χ4v) is 2.98. The molecule has 1 aliphatic rings. The van der Waals surface area contributed by atoms with E-state index in [4.69, 9.17) is 14.2 Å². The van der Waals surface area contributed by atoms with E-state index in [2.05, 4.69) is 26.7 Å². The lowest BCUT2D eigenvalue weighted by Crippen LogP contribution is -2.42. The first-order valence-corrected chi connectivity index (χ1v) is 9.62. The van der Waals surface area contributed by atoms with E-state index in [1.807, 2.05) is 37.3 Å². The molecule has 2 aromatic rings. The summed E-state index contributed by atoms with van der Waals surface area (Å²) in [5.41, 5.74) is 2.18. The van der Waals surface area contributed by atoms with Gasteiger partial charge in [-0.15, -0.1) is 24.0 Å². The first-order valence-electron chi connectivity index (χ1n) is 9.62. The number of nitrogens with one attached hydrogen (secondary N) is 2. The molecule has 2 heterocycles. The lowest BCUT2D eigenvalue weighted by molar-refractivity contribution is 0.143. The number of para-hydroxylation sites is 1. The minimum atomic E-state index is 0. The van der Waals surface area contributed by atoms with Gasteiger partial charge in [0, 0.05) is 31.8 Å². The highest BCUT2D eigenvalue weighted by molar-refractivity contribution is 14.0. The largest absolute Gasteiger partial charge is 0.488 e. The van der Waals surface area contributed by atoms with E-state index in [-0.39, 0.29) is 30.1 Å². The molecular formula is C21H29IN4O3. The topological polar surface area (TPSA) is 77.0 Å². The van der Waals surface area contributed by atoms with Crippen LogP contribution in [0.5, 0.6) is 11.6 Å². The van der Waals surface area contributed by atoms with Crippen LogP contribution in [0.1, 0.15) is 18.1 Å². The Morgan fingerprint density at radius 3 is 2.86 bits per heavy atom. The average Bonchev–Trinajstić information content (AvgIpc) is 3.14. The van der Waals surface area contributed by atoms with Crippen LogP contribution in [0.2, 0.25) is 0 Å². The Labute approximate surface area is 189 Å². The molecule has 0 amide bonds. The lowest BCUT2D eigenvalue weighted by atomic mass is 10.1. The number of aliphatic imine (C=N–C) groups is 1. The normalized spacial score (nSPS) is 15.1. The average molecular weight is 512 g/mol. The smallest absolute Gasteiger partial charge is 0.218 e. The Hall–Kier alpha value is -2.07. The minimum Gasteiger partial charge on any atom is -0.488 e. The number of hydrogen-bond donors (Lipinski definition) is 2. The molecule has 29 heavy (non-hydrogen) atoms. The van der Waals surface area contributed by atoms with E-state index < -0.39 is 0 Å². The highest BCUT2D eigenvalue weighted by atomic mass is 127. The molecule has 0 fully saturated rings. The molecule has 0 saturated heterocycles. The maximum atomic E-state index is 5.99. The minimum absolute atomic E-state index is 0. The number of ether oxygens (including phenoxy) is 3. The zero-order valence-electron chi connectivity index (χ0n) is 16.9. The van der Waals surface area contributed by atoms with Crippen LogP contribution in [0, 0.1) is 0 Å². The monoisotopic (exact) mass is 512 g/mol. The van der Waals surface area contributed by atoms with Crippen molar-refractivity contribution < 1.29 is 14.2 Å². The van der Waals surface area contributed by atoms with Gasteiger partial charge in [-0.05, 0) is 24.6 Å². The van der Waals surface area contributed by atoms with Gasteiger partial charge in [-0.3, -0.25) is 0 Å². The van der Waals surface area contributed by atoms with E-state index in [1.165, 1.54) is 5.56 Å². The quantitative estimate of drug-likeness (QED) is 0.233. The summed E-state index contributed by atoms with van der Waals surface area (Å²) >= 11 is 0. The Morgan fingerprint density at radius 2 is 2.07 bits per heavy atom. The molecule has 1 aromatic heterocycles. The number of halogens is 1. The van der Waals surface area contributed by atoms with Crippen LogP contribution in [0.4, 0.5) is 0 Å². The molecular weight excluding hydrogens is 483 g/mol. The Bertz CT molecular complexity index is 763. The maximum Gasteiger partial charge on any atom is 0.218 e. The summed E-state index contributed by atoms with van der Waals surface area (Å²) in [7, 11) is 1.65. The van der Waals surface area contributed by atoms with Gasteiger partial charge in [0.1, 0.15) is 18.5 Å². The SMILES string of the molecule is CCNC(=NCc1cccnc1OCCOC)NCC1Cc2ccccc2O1.I. The van der Waals surface area contributed by atoms with Crippen LogP contribution >= 0.6 is 24.0 Å². The zero-order valence-corrected chi connectivity index (χ0v) is 19.2. The van der Waals surface area contributed by atoms with Gasteiger partial charge < -0.3 is 24.8 Å². The summed E-state index contributed by atoms with van der Waals surface area (Å²) < 4.78 is 16.7. The second-order valence-electron chi connectivity index (χ2n) is 6.44. The Kier molecular flexibility index (Phi) is 9.99. The van der Waals surface area contributed by atoms with Crippen molar-refractivity contribution in [3.63, 3.8) is 0 Å². The molecule has 0 aliphatic carbocycles. The van der Waals surface area contributed by atoms with Gasteiger partial charge in [0.05, 0.1) is 19.7 Å². The first-order chi connectivity index (χ1) is 13.8. The van der Waals surface area contributed by atoms with Crippen molar-refractivity contribution in [1.29, 1.82) is 0 Å². The van der Waals surface area contributed by atoms with Crippen molar-refractivity contribution in [2.24, 2.45) is 4.99 Å². The van der Waals surface area contributed by atoms with Crippen molar-refractivity contribution in [1.82, 2.24) is 15.6 Å². The third-order valence-electron chi connectivity index (χ3n) is 4.34. The summed E-state index contributed by atoms with van der Waals surface area (Å²) in [5.74, 6) is 2.31. The molecule has 1 atom stereocenters. The Morgan fingerprint density at radius 1 is 1.21 bits per heavy atom. The number of hydrogen-bond acceptors (Lipinski definition) is 5. The summed E-state index contributed by atoms with van der Waals surface area (Å²) in [6, 6.07) is 12.0. The molecule has 3 rings (SSSR count). The molecule has 1 aliphatic heterocycles. The van der Waals surface area contributed by atoms with Gasteiger partial charge in [-0.2, -0.15) is 0 Å². The molecule has 2 N–H and O–H groups in total. The summed E-state index contributed by atoms with van der Waals surface area (Å²) in [6.45, 7) is 4.96. The van der Waals surface area contributed by atoms with Crippen LogP contribution in [0.15, 0.2) is 47.6 Å². The van der Waals surface area contributed by atoms with Crippen molar-refractivity contribution in [2.75, 3.05) is 33.4 Å². The van der Waals surface area contributed by atoms with Gasteiger partial charge in [0.15, 0.2) is 5.96 Å².